The number of hydrogen-bond acceptors (Lipinski definition) is 4. The fourth-order valence-corrected chi connectivity index (χ4v) is 3.19. The molecule has 0 atom stereocenters. The van der Waals surface area contributed by atoms with Gasteiger partial charge in [-0.05, 0) is 40.0 Å². The lowest BCUT2D eigenvalue weighted by Gasteiger charge is -2.13. The van der Waals surface area contributed by atoms with Gasteiger partial charge in [0.05, 0.1) is 23.9 Å². The Morgan fingerprint density at radius 3 is 2.60 bits per heavy atom. The van der Waals surface area contributed by atoms with Gasteiger partial charge < -0.3 is 9.47 Å². The number of benzene rings is 1. The van der Waals surface area contributed by atoms with Crippen LogP contribution < -0.4 is 9.47 Å². The lowest BCUT2D eigenvalue weighted by Crippen LogP contribution is -2.12. The summed E-state index contributed by atoms with van der Waals surface area (Å²) in [7, 11) is -1.40. The molecule has 0 amide bonds. The van der Waals surface area contributed by atoms with Gasteiger partial charge in [-0.3, -0.25) is 0 Å². The van der Waals surface area contributed by atoms with Crippen molar-refractivity contribution < 1.29 is 17.9 Å². The summed E-state index contributed by atoms with van der Waals surface area (Å²) >= 11 is 9.19. The van der Waals surface area contributed by atoms with Crippen LogP contribution in [0.1, 0.15) is 18.9 Å². The molecule has 0 radical (unpaired) electrons. The quantitative estimate of drug-likeness (QED) is 0.508. The average molecular weight is 386 g/mol. The Balaban J connectivity index is 2.68. The van der Waals surface area contributed by atoms with Crippen LogP contribution in [0.4, 0.5) is 0 Å². The summed E-state index contributed by atoms with van der Waals surface area (Å²) in [6.07, 6.45) is 0.447. The fourth-order valence-electron chi connectivity index (χ4n) is 1.59. The minimum absolute atomic E-state index is 0.128. The highest BCUT2D eigenvalue weighted by molar-refractivity contribution is 9.10. The molecule has 114 valence electrons. The fraction of sp³-hybridized carbons (Fsp3) is 0.538. The molecule has 1 aromatic rings. The van der Waals surface area contributed by atoms with Crippen molar-refractivity contribution in [3.63, 3.8) is 0 Å². The molecule has 7 heteroatoms. The maximum atomic E-state index is 11.4. The van der Waals surface area contributed by atoms with E-state index in [0.717, 1.165) is 10.0 Å². The third-order valence-electron chi connectivity index (χ3n) is 2.73. The molecule has 1 rings (SSSR count). The molecule has 0 aliphatic heterocycles. The van der Waals surface area contributed by atoms with Gasteiger partial charge in [0, 0.05) is 11.6 Å². The van der Waals surface area contributed by atoms with Gasteiger partial charge in [0.2, 0.25) is 0 Å². The molecule has 0 bridgehead atoms. The van der Waals surface area contributed by atoms with Crippen LogP contribution in [0.5, 0.6) is 11.5 Å². The largest absolute Gasteiger partial charge is 0.493 e. The molecule has 0 aliphatic rings. The van der Waals surface area contributed by atoms with E-state index >= 15 is 0 Å². The zero-order valence-electron chi connectivity index (χ0n) is 11.5. The zero-order valence-corrected chi connectivity index (χ0v) is 14.6. The third-order valence-corrected chi connectivity index (χ3v) is 5.42. The molecule has 0 unspecified atom stereocenters. The predicted molar refractivity (Wildman–Crippen MR) is 84.7 cm³/mol. The first-order valence-corrected chi connectivity index (χ1v) is 9.34. The molecular formula is C13H18BrClO4S. The van der Waals surface area contributed by atoms with Crippen molar-refractivity contribution >= 4 is 37.4 Å². The van der Waals surface area contributed by atoms with Crippen LogP contribution in [-0.2, 0) is 15.7 Å². The summed E-state index contributed by atoms with van der Waals surface area (Å²) in [4.78, 5) is 0. The number of hydrogen-bond donors (Lipinski definition) is 0. The van der Waals surface area contributed by atoms with Crippen LogP contribution in [0.2, 0.25) is 0 Å². The van der Waals surface area contributed by atoms with E-state index in [9.17, 15) is 8.42 Å². The lowest BCUT2D eigenvalue weighted by atomic mass is 10.2. The molecule has 0 N–H and O–H groups in total. The van der Waals surface area contributed by atoms with E-state index in [2.05, 4.69) is 15.9 Å². The van der Waals surface area contributed by atoms with Crippen molar-refractivity contribution in [1.29, 1.82) is 0 Å². The molecule has 20 heavy (non-hydrogen) atoms. The Kier molecular flexibility index (Phi) is 7.12. The standard InChI is InChI=1S/C13H18BrClO4S/c1-3-20(16,17)6-4-5-19-13-11(14)7-10(9-15)8-12(13)18-2/h7-8H,3-6,9H2,1-2H3. The van der Waals surface area contributed by atoms with Crippen LogP contribution in [-0.4, -0.2) is 33.6 Å². The van der Waals surface area contributed by atoms with Crippen molar-refractivity contribution in [2.24, 2.45) is 0 Å². The number of alkyl halides is 1. The SMILES string of the molecule is CCS(=O)(=O)CCCOc1c(Br)cc(CCl)cc1OC. The Morgan fingerprint density at radius 1 is 1.35 bits per heavy atom. The number of rotatable bonds is 8. The molecule has 0 heterocycles. The van der Waals surface area contributed by atoms with Gasteiger partial charge in [0.25, 0.3) is 0 Å². The summed E-state index contributed by atoms with van der Waals surface area (Å²) in [6.45, 7) is 1.95. The van der Waals surface area contributed by atoms with E-state index in [-0.39, 0.29) is 11.5 Å². The monoisotopic (exact) mass is 384 g/mol. The van der Waals surface area contributed by atoms with Gasteiger partial charge in [0.15, 0.2) is 11.5 Å². The molecule has 0 fully saturated rings. The van der Waals surface area contributed by atoms with E-state index in [4.69, 9.17) is 21.1 Å². The van der Waals surface area contributed by atoms with Crippen LogP contribution in [0.15, 0.2) is 16.6 Å². The van der Waals surface area contributed by atoms with E-state index in [1.807, 2.05) is 6.07 Å². The first-order valence-electron chi connectivity index (χ1n) is 6.19. The van der Waals surface area contributed by atoms with Gasteiger partial charge in [-0.15, -0.1) is 11.6 Å². The summed E-state index contributed by atoms with van der Waals surface area (Å²) < 4.78 is 34.4. The first-order chi connectivity index (χ1) is 9.43. The predicted octanol–water partition coefficient (Wildman–Crippen LogP) is 3.40. The van der Waals surface area contributed by atoms with Gasteiger partial charge in [-0.1, -0.05) is 6.92 Å². The minimum Gasteiger partial charge on any atom is -0.493 e. The second kappa shape index (κ2) is 8.10. The van der Waals surface area contributed by atoms with Crippen molar-refractivity contribution in [3.8, 4) is 11.5 Å². The minimum atomic E-state index is -2.95. The van der Waals surface area contributed by atoms with Crippen LogP contribution >= 0.6 is 27.5 Å². The molecule has 0 spiro atoms. The summed E-state index contributed by atoms with van der Waals surface area (Å²) in [5.41, 5.74) is 0.913. The van der Waals surface area contributed by atoms with E-state index in [1.54, 1.807) is 20.1 Å². The Bertz CT molecular complexity index is 546. The van der Waals surface area contributed by atoms with E-state index in [0.29, 0.717) is 30.4 Å². The van der Waals surface area contributed by atoms with E-state index < -0.39 is 9.84 Å². The van der Waals surface area contributed by atoms with Crippen LogP contribution in [0, 0.1) is 0 Å². The molecule has 4 nitrogen and oxygen atoms in total. The normalized spacial score (nSPS) is 11.4. The van der Waals surface area contributed by atoms with Crippen molar-refractivity contribution in [1.82, 2.24) is 0 Å². The molecule has 0 saturated heterocycles. The number of sulfone groups is 1. The zero-order chi connectivity index (χ0) is 15.2. The Labute approximate surface area is 133 Å². The Hall–Kier alpha value is -0.460. The summed E-state index contributed by atoms with van der Waals surface area (Å²) in [6, 6.07) is 3.66. The summed E-state index contributed by atoms with van der Waals surface area (Å²) in [5.74, 6) is 1.81. The lowest BCUT2D eigenvalue weighted by molar-refractivity contribution is 0.292. The second-order valence-corrected chi connectivity index (χ2v) is 7.78. The number of halogens is 2. The maximum absolute atomic E-state index is 11.4. The average Bonchev–Trinajstić information content (AvgIpc) is 2.44. The number of ether oxygens (including phenoxy) is 2. The van der Waals surface area contributed by atoms with E-state index in [1.165, 1.54) is 0 Å². The highest BCUT2D eigenvalue weighted by atomic mass is 79.9. The van der Waals surface area contributed by atoms with Gasteiger partial charge in [0.1, 0.15) is 9.84 Å². The van der Waals surface area contributed by atoms with Crippen molar-refractivity contribution in [2.75, 3.05) is 25.2 Å². The topological polar surface area (TPSA) is 52.6 Å². The highest BCUT2D eigenvalue weighted by Gasteiger charge is 2.12. The van der Waals surface area contributed by atoms with Gasteiger partial charge in [-0.25, -0.2) is 8.42 Å². The van der Waals surface area contributed by atoms with Crippen LogP contribution in [0.25, 0.3) is 0 Å². The van der Waals surface area contributed by atoms with Crippen molar-refractivity contribution in [3.05, 3.63) is 22.2 Å². The summed E-state index contributed by atoms with van der Waals surface area (Å²) in [5, 5.41) is 0. The molecule has 0 aliphatic carbocycles. The molecule has 0 saturated carbocycles. The van der Waals surface area contributed by atoms with Gasteiger partial charge >= 0.3 is 0 Å². The first kappa shape index (κ1) is 17.6. The Morgan fingerprint density at radius 2 is 2.05 bits per heavy atom. The highest BCUT2D eigenvalue weighted by Crippen LogP contribution is 2.37. The maximum Gasteiger partial charge on any atom is 0.175 e. The molecule has 1 aromatic carbocycles. The molecule has 0 aromatic heterocycles. The smallest absolute Gasteiger partial charge is 0.175 e. The third kappa shape index (κ3) is 5.14. The molecular weight excluding hydrogens is 368 g/mol. The van der Waals surface area contributed by atoms with Gasteiger partial charge in [-0.2, -0.15) is 0 Å². The number of methoxy groups -OCH3 is 1. The van der Waals surface area contributed by atoms with Crippen molar-refractivity contribution in [2.45, 2.75) is 19.2 Å². The van der Waals surface area contributed by atoms with Crippen LogP contribution in [0.3, 0.4) is 0 Å². The second-order valence-electron chi connectivity index (χ2n) is 4.18.